The van der Waals surface area contributed by atoms with Crippen molar-refractivity contribution < 1.29 is 78.9 Å². The summed E-state index contributed by atoms with van der Waals surface area (Å²) in [6, 6.07) is 33.6. The van der Waals surface area contributed by atoms with E-state index in [2.05, 4.69) is 104 Å². The molecule has 0 spiro atoms. The number of hydrogen-bond acceptors (Lipinski definition) is 11. The van der Waals surface area contributed by atoms with Crippen LogP contribution in [0.4, 0.5) is 4.79 Å². The molecule has 2 aliphatic rings. The Balaban J connectivity index is 0.000000320. The molecule has 2 heterocycles. The second-order valence-corrected chi connectivity index (χ2v) is 25.4. The second kappa shape index (κ2) is 29.4. The summed E-state index contributed by atoms with van der Waals surface area (Å²) in [5.41, 5.74) is 6.00. The molecular weight excluding hydrogens is 1110 g/mol. The zero-order chi connectivity index (χ0) is 54.0. The van der Waals surface area contributed by atoms with Crippen LogP contribution in [-0.4, -0.2) is 126 Å². The first-order chi connectivity index (χ1) is 35.2. The summed E-state index contributed by atoms with van der Waals surface area (Å²) in [5.74, 6) is -0.499. The summed E-state index contributed by atoms with van der Waals surface area (Å²) < 4.78 is 37.8. The molecule has 2 aliphatic heterocycles. The quantitative estimate of drug-likeness (QED) is 0.0374. The van der Waals surface area contributed by atoms with E-state index >= 15 is 0 Å². The molecule has 4 N–H and O–H groups in total. The van der Waals surface area contributed by atoms with E-state index in [9.17, 15) is 14.4 Å². The van der Waals surface area contributed by atoms with E-state index in [1.807, 2.05) is 18.3 Å². The Morgan fingerprint density at radius 3 is 1.49 bits per heavy atom. The summed E-state index contributed by atoms with van der Waals surface area (Å²) >= 11 is 0. The molecule has 8 rings (SSSR count). The van der Waals surface area contributed by atoms with Crippen LogP contribution in [0.1, 0.15) is 76.8 Å². The third-order valence-corrected chi connectivity index (χ3v) is 15.6. The topological polar surface area (TPSA) is 194 Å². The minimum atomic E-state index is -1.42. The molecule has 0 aliphatic carbocycles. The number of aliphatic imine (C=N–C) groups is 1. The maximum absolute atomic E-state index is 13.3. The first-order valence-electron chi connectivity index (χ1n) is 25.3. The van der Waals surface area contributed by atoms with Crippen molar-refractivity contribution in [1.82, 2.24) is 4.90 Å². The zero-order valence-corrected chi connectivity index (χ0v) is 50.8. The number of esters is 2. The molecule has 1 atom stereocenters. The number of methoxy groups -OCH3 is 4. The van der Waals surface area contributed by atoms with Crippen LogP contribution in [0.2, 0.25) is 0 Å². The van der Waals surface area contributed by atoms with Crippen LogP contribution in [0, 0.1) is 5.92 Å². The van der Waals surface area contributed by atoms with E-state index < -0.39 is 63.6 Å². The molecule has 6 aromatic rings. The van der Waals surface area contributed by atoms with E-state index in [1.165, 1.54) is 57.4 Å². The number of fused-ring (bicyclic) bond motifs is 4. The van der Waals surface area contributed by atoms with Gasteiger partial charge in [0.15, 0.2) is 28.9 Å². The predicted octanol–water partition coefficient (Wildman–Crippen LogP) is 9.94. The average Bonchev–Trinajstić information content (AvgIpc) is 3.36. The first kappa shape index (κ1) is 65.6. The average molecular weight is 1190 g/mol. The van der Waals surface area contributed by atoms with Gasteiger partial charge in [-0.3, -0.25) is 19.5 Å². The Morgan fingerprint density at radius 2 is 1.05 bits per heavy atom. The molecule has 0 bridgehead atoms. The first-order valence-corrected chi connectivity index (χ1v) is 30.3. The minimum absolute atomic E-state index is 0. The van der Waals surface area contributed by atoms with Gasteiger partial charge in [0.05, 0.1) is 84.0 Å². The molecule has 0 unspecified atom stereocenters. The summed E-state index contributed by atoms with van der Waals surface area (Å²) in [6.07, 6.45) is 1.76. The summed E-state index contributed by atoms with van der Waals surface area (Å²) in [6.45, 7) is 22.8. The van der Waals surface area contributed by atoms with E-state index in [4.69, 9.17) is 33.2 Å². The van der Waals surface area contributed by atoms with Crippen LogP contribution in [0.5, 0.6) is 23.0 Å². The maximum atomic E-state index is 13.3. The van der Waals surface area contributed by atoms with Gasteiger partial charge in [-0.25, -0.2) is 4.79 Å². The normalized spacial score (nSPS) is 13.4. The molecule has 1 amide bonds. The van der Waals surface area contributed by atoms with Gasteiger partial charge in [0.25, 0.3) is 0 Å². The van der Waals surface area contributed by atoms with Gasteiger partial charge in [-0.1, -0.05) is 60.7 Å². The third-order valence-electron chi connectivity index (χ3n) is 12.6. The monoisotopic (exact) mass is 1190 g/mol. The van der Waals surface area contributed by atoms with Gasteiger partial charge in [0.2, 0.25) is 0 Å². The Bertz CT molecular complexity index is 2880. The van der Waals surface area contributed by atoms with Crippen LogP contribution < -0.4 is 29.6 Å². The van der Waals surface area contributed by atoms with Gasteiger partial charge < -0.3 is 44.1 Å². The molecule has 0 saturated heterocycles. The Morgan fingerprint density at radius 1 is 0.610 bits per heavy atom. The smallest absolute Gasteiger partial charge is 0.493 e. The van der Waals surface area contributed by atoms with E-state index in [0.717, 1.165) is 35.6 Å². The molecule has 0 saturated carbocycles. The number of rotatable bonds is 12. The van der Waals surface area contributed by atoms with Crippen LogP contribution in [0.15, 0.2) is 102 Å². The zero-order valence-electron chi connectivity index (χ0n) is 47.2. The molecular formula is C60H80N2O12P2Pd+4. The molecule has 6 aromatic carbocycles. The Labute approximate surface area is 471 Å². The molecule has 14 nitrogen and oxygen atoms in total. The number of carbonyl (C=O) groups excluding carboxylic acids is 3. The molecule has 0 fully saturated rings. The van der Waals surface area contributed by atoms with Gasteiger partial charge in [0, 0.05) is 46.3 Å². The van der Waals surface area contributed by atoms with Crippen LogP contribution >= 0.6 is 15.8 Å². The third kappa shape index (κ3) is 16.0. The second-order valence-electron chi connectivity index (χ2n) is 20.3. The fourth-order valence-corrected chi connectivity index (χ4v) is 11.7. The maximum Gasteiger partial charge on any atom is 2.00 e. The van der Waals surface area contributed by atoms with Gasteiger partial charge in [-0.2, -0.15) is 0 Å². The van der Waals surface area contributed by atoms with E-state index in [-0.39, 0.29) is 37.9 Å². The van der Waals surface area contributed by atoms with Crippen molar-refractivity contribution in [3.8, 4) is 34.1 Å². The number of hydrogen-bond donors (Lipinski definition) is 0. The van der Waals surface area contributed by atoms with Gasteiger partial charge in [-0.05, 0) is 142 Å². The minimum Gasteiger partial charge on any atom is -0.493 e. The SMILES string of the molecule is COc1cc2c(cc1OC)CCN=C2.COc1cc2c(cc1OC)[C@@H](C(C(=O)OC(C)C)C(=O)OC(C)C)N(C(=O)OC(C)(C)C)CC2.C[PH+](C)c1ccc2ccccc2c1-c1c([PH+](C)C)ccc2ccccc12.O.O.[Pd+2]. The van der Waals surface area contributed by atoms with Gasteiger partial charge in [0.1, 0.15) is 5.60 Å². The molecule has 0 radical (unpaired) electrons. The molecule has 0 aromatic heterocycles. The van der Waals surface area contributed by atoms with Crippen molar-refractivity contribution in [3.63, 3.8) is 0 Å². The van der Waals surface area contributed by atoms with Crippen molar-refractivity contribution in [2.24, 2.45) is 10.9 Å². The number of amides is 1. The molecule has 77 heavy (non-hydrogen) atoms. The van der Waals surface area contributed by atoms with Crippen molar-refractivity contribution in [1.29, 1.82) is 0 Å². The fraction of sp³-hybridized carbons (Fsp3) is 0.400. The number of nitrogens with zero attached hydrogens (tertiary/aromatic N) is 2. The van der Waals surface area contributed by atoms with Crippen molar-refractivity contribution >= 4 is 72.2 Å². The van der Waals surface area contributed by atoms with Crippen molar-refractivity contribution in [2.45, 2.75) is 85.2 Å². The Kier molecular flexibility index (Phi) is 25.0. The summed E-state index contributed by atoms with van der Waals surface area (Å²) in [5, 5.41) is 8.59. The van der Waals surface area contributed by atoms with Crippen molar-refractivity contribution in [2.75, 3.05) is 68.2 Å². The van der Waals surface area contributed by atoms with E-state index in [0.29, 0.717) is 23.5 Å². The van der Waals surface area contributed by atoms with Crippen molar-refractivity contribution in [3.05, 3.63) is 119 Å². The largest absolute Gasteiger partial charge is 2.00 e. The molecule has 17 heteroatoms. The number of ether oxygens (including phenoxy) is 7. The Hall–Kier alpha value is -5.64. The fourth-order valence-electron chi connectivity index (χ4n) is 9.36. The van der Waals surface area contributed by atoms with Crippen LogP contribution in [0.25, 0.3) is 32.7 Å². The predicted molar refractivity (Wildman–Crippen MR) is 314 cm³/mol. The van der Waals surface area contributed by atoms with Gasteiger partial charge >= 0.3 is 38.5 Å². The summed E-state index contributed by atoms with van der Waals surface area (Å²) in [4.78, 5) is 45.4. The van der Waals surface area contributed by atoms with Gasteiger partial charge in [-0.15, -0.1) is 0 Å². The number of benzene rings is 6. The standard InChI is InChI=1S/C25H37NO8.C24H24P2.C11H13NO2.2H2O.Pd/c1-14(2)32-22(27)20(23(28)33-15(3)4)21-17-13-19(31-9)18(30-8)12-16(17)10-11-26(21)24(29)34-25(5,6)7;1-25(2)21-15-13-17-9-5-7-11-19(17)23(21)24-20-12-8-6-10-18(20)14-16-22(24)26(3)4;1-13-10-5-8-3-4-12-7-9(8)6-11(10)14-2;;;/h12-15,20-21H,10-11H2,1-9H3;5-16H,1-4H3;5-7H,3-4H2,1-2H3;2*1H2;/q;;;;;+2/p+2/t21-;;;;;/m0...../s1. The van der Waals surface area contributed by atoms with E-state index in [1.54, 1.807) is 85.4 Å². The van der Waals surface area contributed by atoms with Crippen LogP contribution in [0.3, 0.4) is 0 Å². The number of carbonyl (C=O) groups is 3. The molecule has 418 valence electrons. The van der Waals surface area contributed by atoms with Crippen LogP contribution in [-0.2, 0) is 57.1 Å². The summed E-state index contributed by atoms with van der Waals surface area (Å²) in [7, 11) is 5.16.